The Morgan fingerprint density at radius 2 is 2.30 bits per heavy atom. The standard InChI is InChI=1S/C6H13NO2S/c1-10-5-3-2-4-7-6(8)9/h7H,2-5H2,1H3,(H,8,9). The molecule has 0 radical (unpaired) electrons. The molecule has 4 heteroatoms. The van der Waals surface area contributed by atoms with Crippen LogP contribution in [0.4, 0.5) is 4.79 Å². The minimum atomic E-state index is -0.927. The van der Waals surface area contributed by atoms with Crippen LogP contribution in [0.2, 0.25) is 0 Å². The van der Waals surface area contributed by atoms with E-state index in [-0.39, 0.29) is 0 Å². The van der Waals surface area contributed by atoms with Gasteiger partial charge in [-0.15, -0.1) is 0 Å². The molecule has 0 saturated carbocycles. The minimum Gasteiger partial charge on any atom is -0.465 e. The Morgan fingerprint density at radius 3 is 2.80 bits per heavy atom. The minimum absolute atomic E-state index is 0.579. The fourth-order valence-corrected chi connectivity index (χ4v) is 1.06. The maximum atomic E-state index is 9.92. The van der Waals surface area contributed by atoms with Crippen molar-refractivity contribution in [3.63, 3.8) is 0 Å². The molecule has 10 heavy (non-hydrogen) atoms. The van der Waals surface area contributed by atoms with Crippen LogP contribution in [0.5, 0.6) is 0 Å². The molecule has 1 amide bonds. The smallest absolute Gasteiger partial charge is 0.404 e. The Kier molecular flexibility index (Phi) is 6.48. The summed E-state index contributed by atoms with van der Waals surface area (Å²) in [5.74, 6) is 1.11. The van der Waals surface area contributed by atoms with Gasteiger partial charge < -0.3 is 10.4 Å². The number of rotatable bonds is 5. The Hall–Kier alpha value is -0.380. The van der Waals surface area contributed by atoms with Crippen LogP contribution in [-0.4, -0.2) is 29.8 Å². The van der Waals surface area contributed by atoms with Gasteiger partial charge in [0.2, 0.25) is 0 Å². The SMILES string of the molecule is CSCCCCNC(=O)O. The molecule has 2 N–H and O–H groups in total. The summed E-state index contributed by atoms with van der Waals surface area (Å²) in [5, 5.41) is 10.5. The van der Waals surface area contributed by atoms with Crippen molar-refractivity contribution in [3.05, 3.63) is 0 Å². The molecular formula is C6H13NO2S. The van der Waals surface area contributed by atoms with E-state index in [9.17, 15) is 4.79 Å². The van der Waals surface area contributed by atoms with Gasteiger partial charge in [0.15, 0.2) is 0 Å². The zero-order valence-corrected chi connectivity index (χ0v) is 6.91. The molecule has 0 spiro atoms. The van der Waals surface area contributed by atoms with Crippen molar-refractivity contribution in [2.24, 2.45) is 0 Å². The number of amides is 1. The molecule has 0 unspecified atom stereocenters. The van der Waals surface area contributed by atoms with E-state index in [1.54, 1.807) is 11.8 Å². The molecule has 0 aliphatic rings. The van der Waals surface area contributed by atoms with Crippen molar-refractivity contribution in [1.29, 1.82) is 0 Å². The van der Waals surface area contributed by atoms with Crippen molar-refractivity contribution in [3.8, 4) is 0 Å². The zero-order valence-electron chi connectivity index (χ0n) is 6.09. The predicted molar refractivity (Wildman–Crippen MR) is 43.6 cm³/mol. The van der Waals surface area contributed by atoms with Crippen LogP contribution in [0.3, 0.4) is 0 Å². The Bertz CT molecular complexity index is 97.7. The van der Waals surface area contributed by atoms with Gasteiger partial charge in [0.25, 0.3) is 0 Å². The van der Waals surface area contributed by atoms with E-state index in [1.807, 2.05) is 6.26 Å². The molecule has 0 fully saturated rings. The number of hydrogen-bond acceptors (Lipinski definition) is 2. The lowest BCUT2D eigenvalue weighted by molar-refractivity contribution is 0.194. The number of carboxylic acid groups (broad SMARTS) is 1. The van der Waals surface area contributed by atoms with Crippen LogP contribution in [0.15, 0.2) is 0 Å². The van der Waals surface area contributed by atoms with Crippen molar-refractivity contribution in [2.45, 2.75) is 12.8 Å². The first kappa shape index (κ1) is 9.62. The highest BCUT2D eigenvalue weighted by molar-refractivity contribution is 7.98. The van der Waals surface area contributed by atoms with Gasteiger partial charge in [0.05, 0.1) is 0 Å². The average molecular weight is 163 g/mol. The van der Waals surface area contributed by atoms with Gasteiger partial charge in [-0.2, -0.15) is 11.8 Å². The molecule has 60 valence electrons. The molecule has 0 saturated heterocycles. The van der Waals surface area contributed by atoms with E-state index >= 15 is 0 Å². The highest BCUT2D eigenvalue weighted by atomic mass is 32.2. The summed E-state index contributed by atoms with van der Waals surface area (Å²) >= 11 is 1.79. The van der Waals surface area contributed by atoms with Gasteiger partial charge in [0, 0.05) is 6.54 Å². The molecule has 0 aromatic heterocycles. The summed E-state index contributed by atoms with van der Waals surface area (Å²) in [4.78, 5) is 9.92. The summed E-state index contributed by atoms with van der Waals surface area (Å²) in [6.45, 7) is 0.579. The number of thioether (sulfide) groups is 1. The lowest BCUT2D eigenvalue weighted by atomic mass is 10.3. The Morgan fingerprint density at radius 1 is 1.60 bits per heavy atom. The number of carbonyl (C=O) groups is 1. The second-order valence-corrected chi connectivity index (χ2v) is 2.92. The lowest BCUT2D eigenvalue weighted by Gasteiger charge is -1.98. The van der Waals surface area contributed by atoms with Gasteiger partial charge in [-0.1, -0.05) is 0 Å². The fourth-order valence-electron chi connectivity index (χ4n) is 0.567. The summed E-state index contributed by atoms with van der Waals surface area (Å²) < 4.78 is 0. The normalized spacial score (nSPS) is 9.30. The largest absolute Gasteiger partial charge is 0.465 e. The molecule has 0 rings (SSSR count). The molecule has 0 aromatic carbocycles. The first-order valence-electron chi connectivity index (χ1n) is 3.23. The second kappa shape index (κ2) is 6.74. The molecule has 0 aromatic rings. The third-order valence-corrected chi connectivity index (χ3v) is 1.75. The predicted octanol–water partition coefficient (Wildman–Crippen LogP) is 1.40. The highest BCUT2D eigenvalue weighted by Crippen LogP contribution is 1.97. The van der Waals surface area contributed by atoms with Crippen LogP contribution < -0.4 is 5.32 Å². The number of unbranched alkanes of at least 4 members (excludes halogenated alkanes) is 1. The topological polar surface area (TPSA) is 49.3 Å². The van der Waals surface area contributed by atoms with Gasteiger partial charge >= 0.3 is 6.09 Å². The average Bonchev–Trinajstić information content (AvgIpc) is 1.87. The Balaban J connectivity index is 2.84. The van der Waals surface area contributed by atoms with Crippen molar-refractivity contribution in [1.82, 2.24) is 5.32 Å². The van der Waals surface area contributed by atoms with E-state index in [4.69, 9.17) is 5.11 Å². The highest BCUT2D eigenvalue weighted by Gasteiger charge is 1.91. The lowest BCUT2D eigenvalue weighted by Crippen LogP contribution is -2.21. The maximum Gasteiger partial charge on any atom is 0.404 e. The van der Waals surface area contributed by atoms with E-state index < -0.39 is 6.09 Å². The zero-order chi connectivity index (χ0) is 7.82. The summed E-state index contributed by atoms with van der Waals surface area (Å²) in [6.07, 6.45) is 3.14. The summed E-state index contributed by atoms with van der Waals surface area (Å²) in [6, 6.07) is 0. The van der Waals surface area contributed by atoms with Gasteiger partial charge in [-0.3, -0.25) is 0 Å². The van der Waals surface area contributed by atoms with Gasteiger partial charge in [0.1, 0.15) is 0 Å². The van der Waals surface area contributed by atoms with E-state index in [0.717, 1.165) is 18.6 Å². The van der Waals surface area contributed by atoms with Crippen LogP contribution in [0, 0.1) is 0 Å². The number of nitrogens with one attached hydrogen (secondary N) is 1. The monoisotopic (exact) mass is 163 g/mol. The van der Waals surface area contributed by atoms with E-state index in [2.05, 4.69) is 5.32 Å². The molecule has 0 heterocycles. The van der Waals surface area contributed by atoms with Crippen LogP contribution in [0.1, 0.15) is 12.8 Å². The van der Waals surface area contributed by atoms with E-state index in [1.165, 1.54) is 0 Å². The molecule has 0 atom stereocenters. The van der Waals surface area contributed by atoms with Crippen LogP contribution in [-0.2, 0) is 0 Å². The third kappa shape index (κ3) is 7.62. The molecule has 3 nitrogen and oxygen atoms in total. The van der Waals surface area contributed by atoms with Crippen molar-refractivity contribution >= 4 is 17.9 Å². The first-order valence-corrected chi connectivity index (χ1v) is 4.62. The third-order valence-electron chi connectivity index (χ3n) is 1.05. The fraction of sp³-hybridized carbons (Fsp3) is 0.833. The Labute approximate surface area is 65.2 Å². The van der Waals surface area contributed by atoms with E-state index in [0.29, 0.717) is 6.54 Å². The van der Waals surface area contributed by atoms with Crippen molar-refractivity contribution < 1.29 is 9.90 Å². The summed E-state index contributed by atoms with van der Waals surface area (Å²) in [5.41, 5.74) is 0. The molecule has 0 aliphatic carbocycles. The number of hydrogen-bond donors (Lipinski definition) is 2. The van der Waals surface area contributed by atoms with Gasteiger partial charge in [-0.05, 0) is 24.9 Å². The molecule has 0 bridgehead atoms. The first-order chi connectivity index (χ1) is 4.77. The van der Waals surface area contributed by atoms with Crippen molar-refractivity contribution in [2.75, 3.05) is 18.6 Å². The molecular weight excluding hydrogens is 150 g/mol. The molecule has 0 aliphatic heterocycles. The second-order valence-electron chi connectivity index (χ2n) is 1.93. The van der Waals surface area contributed by atoms with Crippen LogP contribution in [0.25, 0.3) is 0 Å². The summed E-state index contributed by atoms with van der Waals surface area (Å²) in [7, 11) is 0. The van der Waals surface area contributed by atoms with Crippen LogP contribution >= 0.6 is 11.8 Å². The quantitative estimate of drug-likeness (QED) is 0.602. The van der Waals surface area contributed by atoms with Gasteiger partial charge in [-0.25, -0.2) is 4.79 Å². The maximum absolute atomic E-state index is 9.92.